The van der Waals surface area contributed by atoms with Crippen LogP contribution in [0.15, 0.2) is 18.2 Å². The van der Waals surface area contributed by atoms with Gasteiger partial charge in [0.15, 0.2) is 0 Å². The van der Waals surface area contributed by atoms with Crippen molar-refractivity contribution in [2.45, 2.75) is 38.8 Å². The number of carbonyl (C=O) groups is 1. The third-order valence-corrected chi connectivity index (χ3v) is 5.83. The summed E-state index contributed by atoms with van der Waals surface area (Å²) in [6.07, 6.45) is 4.52. The van der Waals surface area contributed by atoms with Gasteiger partial charge in [-0.25, -0.2) is 0 Å². The number of hydrogen-bond acceptors (Lipinski definition) is 6. The zero-order valence-corrected chi connectivity index (χ0v) is 16.8. The fourth-order valence-corrected chi connectivity index (χ4v) is 4.14. The van der Waals surface area contributed by atoms with Gasteiger partial charge in [0.05, 0.1) is 11.5 Å². The highest BCUT2D eigenvalue weighted by atomic mass is 35.5. The molecule has 1 aromatic carbocycles. The van der Waals surface area contributed by atoms with E-state index in [0.717, 1.165) is 37.5 Å². The van der Waals surface area contributed by atoms with E-state index in [1.807, 2.05) is 0 Å². The third-order valence-electron chi connectivity index (χ3n) is 5.60. The van der Waals surface area contributed by atoms with Gasteiger partial charge in [-0.05, 0) is 25.0 Å². The number of nitrogens with zero attached hydrogens (tertiary/aromatic N) is 6. The third kappa shape index (κ3) is 4.25. The molecule has 0 aliphatic carbocycles. The smallest absolute Gasteiger partial charge is 0.283 e. The number of piperazine rings is 1. The topological polar surface area (TPSA) is 97.4 Å². The predicted molar refractivity (Wildman–Crippen MR) is 107 cm³/mol. The monoisotopic (exact) mass is 418 g/mol. The van der Waals surface area contributed by atoms with Crippen molar-refractivity contribution in [3.8, 4) is 0 Å². The minimum atomic E-state index is -0.563. The van der Waals surface area contributed by atoms with Crippen LogP contribution in [0.1, 0.15) is 41.3 Å². The van der Waals surface area contributed by atoms with E-state index in [9.17, 15) is 14.9 Å². The second-order valence-electron chi connectivity index (χ2n) is 7.48. The van der Waals surface area contributed by atoms with Crippen molar-refractivity contribution < 1.29 is 9.72 Å². The molecule has 154 valence electrons. The standard InChI is InChI=1S/C19H23ClN6O3/c20-14-5-6-15(16(12-14)26(28)29)19(27)24-10-8-23(9-11-24)13-18-22-21-17-4-2-1-3-7-25(17)18/h5-6,12H,1-4,7-11,13H2. The van der Waals surface area contributed by atoms with Gasteiger partial charge in [-0.3, -0.25) is 19.8 Å². The van der Waals surface area contributed by atoms with E-state index in [1.165, 1.54) is 24.6 Å². The highest BCUT2D eigenvalue weighted by molar-refractivity contribution is 6.31. The van der Waals surface area contributed by atoms with Gasteiger partial charge in [-0.1, -0.05) is 18.0 Å². The van der Waals surface area contributed by atoms with Crippen molar-refractivity contribution in [2.75, 3.05) is 26.2 Å². The Balaban J connectivity index is 1.40. The Hall–Kier alpha value is -2.52. The number of rotatable bonds is 4. The predicted octanol–water partition coefficient (Wildman–Crippen LogP) is 2.52. The summed E-state index contributed by atoms with van der Waals surface area (Å²) in [5, 5.41) is 20.3. The van der Waals surface area contributed by atoms with Gasteiger partial charge in [0.25, 0.3) is 11.6 Å². The summed E-state index contributed by atoms with van der Waals surface area (Å²) < 4.78 is 2.24. The summed E-state index contributed by atoms with van der Waals surface area (Å²) in [6.45, 7) is 4.08. The lowest BCUT2D eigenvalue weighted by Crippen LogP contribution is -2.48. The molecule has 0 unspecified atom stereocenters. The zero-order chi connectivity index (χ0) is 20.4. The molecule has 2 aromatic rings. The van der Waals surface area contributed by atoms with Crippen molar-refractivity contribution in [1.29, 1.82) is 0 Å². The maximum Gasteiger partial charge on any atom is 0.283 e. The zero-order valence-electron chi connectivity index (χ0n) is 16.1. The largest absolute Gasteiger partial charge is 0.336 e. The molecule has 0 N–H and O–H groups in total. The fourth-order valence-electron chi connectivity index (χ4n) is 3.98. The van der Waals surface area contributed by atoms with Gasteiger partial charge in [-0.15, -0.1) is 10.2 Å². The van der Waals surface area contributed by atoms with Gasteiger partial charge in [0.2, 0.25) is 0 Å². The van der Waals surface area contributed by atoms with E-state index in [-0.39, 0.29) is 22.2 Å². The van der Waals surface area contributed by atoms with E-state index in [4.69, 9.17) is 11.6 Å². The maximum absolute atomic E-state index is 12.8. The second kappa shape index (κ2) is 8.46. The van der Waals surface area contributed by atoms with Gasteiger partial charge in [0, 0.05) is 50.2 Å². The molecule has 10 heteroatoms. The lowest BCUT2D eigenvalue weighted by molar-refractivity contribution is -0.385. The SMILES string of the molecule is O=C(c1ccc(Cl)cc1[N+](=O)[O-])N1CCN(Cc2nnc3n2CCCCC3)CC1. The number of nitro benzene ring substituents is 1. The molecule has 3 heterocycles. The molecule has 1 fully saturated rings. The molecule has 0 radical (unpaired) electrons. The molecule has 1 amide bonds. The van der Waals surface area contributed by atoms with Crippen LogP contribution in [0.2, 0.25) is 5.02 Å². The highest BCUT2D eigenvalue weighted by Crippen LogP contribution is 2.25. The number of hydrogen-bond donors (Lipinski definition) is 0. The molecule has 9 nitrogen and oxygen atoms in total. The Morgan fingerprint density at radius 1 is 1.10 bits per heavy atom. The van der Waals surface area contributed by atoms with Crippen LogP contribution in [0.25, 0.3) is 0 Å². The number of fused-ring (bicyclic) bond motifs is 1. The molecule has 1 aromatic heterocycles. The van der Waals surface area contributed by atoms with E-state index < -0.39 is 4.92 Å². The Labute approximate surface area is 173 Å². The molecular weight excluding hydrogens is 396 g/mol. The average molecular weight is 419 g/mol. The van der Waals surface area contributed by atoms with Crippen molar-refractivity contribution in [2.24, 2.45) is 0 Å². The first-order valence-corrected chi connectivity index (χ1v) is 10.3. The summed E-state index contributed by atoms with van der Waals surface area (Å²) in [7, 11) is 0. The van der Waals surface area contributed by atoms with E-state index in [0.29, 0.717) is 32.7 Å². The molecule has 0 saturated carbocycles. The number of aromatic nitrogens is 3. The summed E-state index contributed by atoms with van der Waals surface area (Å²) >= 11 is 5.85. The normalized spacial score (nSPS) is 17.6. The number of aryl methyl sites for hydroxylation is 1. The number of nitro groups is 1. The minimum absolute atomic E-state index is 0.0793. The summed E-state index contributed by atoms with van der Waals surface area (Å²) in [5.41, 5.74) is -0.174. The van der Waals surface area contributed by atoms with Crippen LogP contribution < -0.4 is 0 Å². The molecule has 0 atom stereocenters. The van der Waals surface area contributed by atoms with Gasteiger partial charge >= 0.3 is 0 Å². The molecule has 2 aliphatic heterocycles. The Kier molecular flexibility index (Phi) is 5.77. The Morgan fingerprint density at radius 2 is 1.90 bits per heavy atom. The Bertz CT molecular complexity index is 923. The average Bonchev–Trinajstić information content (AvgIpc) is 2.94. The van der Waals surface area contributed by atoms with Crippen LogP contribution in [-0.4, -0.2) is 61.6 Å². The van der Waals surface area contributed by atoms with Crippen molar-refractivity contribution in [3.05, 3.63) is 50.5 Å². The maximum atomic E-state index is 12.8. The van der Waals surface area contributed by atoms with Crippen LogP contribution in [0.3, 0.4) is 0 Å². The molecule has 2 aliphatic rings. The lowest BCUT2D eigenvalue weighted by atomic mass is 10.1. The summed E-state index contributed by atoms with van der Waals surface area (Å²) in [5.74, 6) is 1.72. The van der Waals surface area contributed by atoms with Crippen molar-refractivity contribution in [3.63, 3.8) is 0 Å². The molecular formula is C19H23ClN6O3. The van der Waals surface area contributed by atoms with Crippen LogP contribution in [0.5, 0.6) is 0 Å². The number of benzene rings is 1. The van der Waals surface area contributed by atoms with Crippen LogP contribution in [0.4, 0.5) is 5.69 Å². The second-order valence-corrected chi connectivity index (χ2v) is 7.92. The molecule has 1 saturated heterocycles. The number of carbonyl (C=O) groups excluding carboxylic acids is 1. The highest BCUT2D eigenvalue weighted by Gasteiger charge is 2.28. The van der Waals surface area contributed by atoms with Crippen LogP contribution >= 0.6 is 11.6 Å². The number of amides is 1. The lowest BCUT2D eigenvalue weighted by Gasteiger charge is -2.34. The molecule has 29 heavy (non-hydrogen) atoms. The van der Waals surface area contributed by atoms with E-state index in [2.05, 4.69) is 19.7 Å². The number of halogens is 1. The summed E-state index contributed by atoms with van der Waals surface area (Å²) in [4.78, 5) is 27.5. The van der Waals surface area contributed by atoms with E-state index >= 15 is 0 Å². The van der Waals surface area contributed by atoms with Crippen LogP contribution in [0, 0.1) is 10.1 Å². The molecule has 0 spiro atoms. The first-order chi connectivity index (χ1) is 14.0. The first-order valence-electron chi connectivity index (χ1n) is 9.89. The Morgan fingerprint density at radius 3 is 2.66 bits per heavy atom. The van der Waals surface area contributed by atoms with Gasteiger partial charge in [-0.2, -0.15) is 0 Å². The molecule has 4 rings (SSSR count). The summed E-state index contributed by atoms with van der Waals surface area (Å²) in [6, 6.07) is 4.16. The van der Waals surface area contributed by atoms with Crippen molar-refractivity contribution in [1.82, 2.24) is 24.6 Å². The van der Waals surface area contributed by atoms with Gasteiger partial charge < -0.3 is 9.47 Å². The minimum Gasteiger partial charge on any atom is -0.336 e. The van der Waals surface area contributed by atoms with Crippen molar-refractivity contribution >= 4 is 23.2 Å². The quantitative estimate of drug-likeness (QED) is 0.559. The van der Waals surface area contributed by atoms with E-state index in [1.54, 1.807) is 4.90 Å². The van der Waals surface area contributed by atoms with Gasteiger partial charge in [0.1, 0.15) is 17.2 Å². The van der Waals surface area contributed by atoms with Crippen LogP contribution in [-0.2, 0) is 19.5 Å². The first kappa shape index (κ1) is 19.8. The fraction of sp³-hybridized carbons (Fsp3) is 0.526. The molecule has 0 bridgehead atoms.